The van der Waals surface area contributed by atoms with Gasteiger partial charge in [0.15, 0.2) is 0 Å². The van der Waals surface area contributed by atoms with E-state index in [9.17, 15) is 9.59 Å². The van der Waals surface area contributed by atoms with Crippen molar-refractivity contribution in [1.29, 1.82) is 0 Å². The maximum Gasteiger partial charge on any atom is 0.345 e. The molecule has 2 heterocycles. The van der Waals surface area contributed by atoms with Gasteiger partial charge in [-0.25, -0.2) is 4.79 Å². The standard InChI is InChI=1S/C23H18N2O3S/c1-14-5-10-20-16(12-14)13-19(15(2)24-20)23(27)28-18-8-6-17(7-9-18)25-22(26)21-4-3-11-29-21/h3-13H,1-2H3,(H,25,26). The Morgan fingerprint density at radius 2 is 1.79 bits per heavy atom. The predicted octanol–water partition coefficient (Wildman–Crippen LogP) is 5.38. The molecule has 0 bridgehead atoms. The molecule has 0 spiro atoms. The zero-order valence-corrected chi connectivity index (χ0v) is 16.7. The van der Waals surface area contributed by atoms with E-state index in [1.54, 1.807) is 37.3 Å². The fourth-order valence-corrected chi connectivity index (χ4v) is 3.59. The molecule has 4 aromatic rings. The number of fused-ring (bicyclic) bond motifs is 1. The van der Waals surface area contributed by atoms with Crippen molar-refractivity contribution in [3.8, 4) is 5.75 Å². The van der Waals surface area contributed by atoms with Crippen LogP contribution in [0, 0.1) is 13.8 Å². The van der Waals surface area contributed by atoms with Crippen molar-refractivity contribution in [3.05, 3.63) is 87.7 Å². The topological polar surface area (TPSA) is 68.3 Å². The first-order valence-corrected chi connectivity index (χ1v) is 9.93. The fourth-order valence-electron chi connectivity index (χ4n) is 2.97. The minimum Gasteiger partial charge on any atom is -0.423 e. The van der Waals surface area contributed by atoms with Crippen LogP contribution < -0.4 is 10.1 Å². The first kappa shape index (κ1) is 18.8. The van der Waals surface area contributed by atoms with E-state index in [2.05, 4.69) is 10.3 Å². The summed E-state index contributed by atoms with van der Waals surface area (Å²) >= 11 is 1.38. The number of anilines is 1. The molecule has 4 rings (SSSR count). The lowest BCUT2D eigenvalue weighted by atomic mass is 10.1. The summed E-state index contributed by atoms with van der Waals surface area (Å²) in [5.74, 6) is -0.237. The van der Waals surface area contributed by atoms with Gasteiger partial charge in [0.1, 0.15) is 5.75 Å². The molecule has 6 heteroatoms. The lowest BCUT2D eigenvalue weighted by Gasteiger charge is -2.09. The number of thiophene rings is 1. The van der Waals surface area contributed by atoms with E-state index in [1.807, 2.05) is 42.6 Å². The molecule has 0 saturated carbocycles. The average molecular weight is 402 g/mol. The molecule has 0 saturated heterocycles. The molecule has 29 heavy (non-hydrogen) atoms. The summed E-state index contributed by atoms with van der Waals surface area (Å²) in [6.45, 7) is 3.79. The zero-order chi connectivity index (χ0) is 20.4. The van der Waals surface area contributed by atoms with Crippen LogP contribution in [0.3, 0.4) is 0 Å². The maximum absolute atomic E-state index is 12.7. The molecule has 144 valence electrons. The number of rotatable bonds is 4. The monoisotopic (exact) mass is 402 g/mol. The minimum absolute atomic E-state index is 0.169. The third kappa shape index (κ3) is 4.17. The van der Waals surface area contributed by atoms with Crippen LogP contribution in [0.1, 0.15) is 31.3 Å². The smallest absolute Gasteiger partial charge is 0.345 e. The highest BCUT2D eigenvalue weighted by molar-refractivity contribution is 7.12. The largest absolute Gasteiger partial charge is 0.423 e. The highest BCUT2D eigenvalue weighted by Crippen LogP contribution is 2.22. The normalized spacial score (nSPS) is 10.7. The van der Waals surface area contributed by atoms with Gasteiger partial charge in [0.25, 0.3) is 5.91 Å². The Labute approximate surface area is 172 Å². The molecule has 0 fully saturated rings. The van der Waals surface area contributed by atoms with Crippen molar-refractivity contribution < 1.29 is 14.3 Å². The molecule has 2 aromatic carbocycles. The predicted molar refractivity (Wildman–Crippen MR) is 115 cm³/mol. The van der Waals surface area contributed by atoms with Crippen LogP contribution in [-0.2, 0) is 0 Å². The number of hydrogen-bond acceptors (Lipinski definition) is 5. The van der Waals surface area contributed by atoms with Crippen LogP contribution in [0.4, 0.5) is 5.69 Å². The molecule has 0 atom stereocenters. The SMILES string of the molecule is Cc1ccc2nc(C)c(C(=O)Oc3ccc(NC(=O)c4cccs4)cc3)cc2c1. The van der Waals surface area contributed by atoms with Crippen LogP contribution in [0.5, 0.6) is 5.75 Å². The Kier molecular flexibility index (Phi) is 5.10. The van der Waals surface area contributed by atoms with Crippen molar-refractivity contribution in [2.75, 3.05) is 5.32 Å². The van der Waals surface area contributed by atoms with E-state index < -0.39 is 5.97 Å². The van der Waals surface area contributed by atoms with E-state index in [-0.39, 0.29) is 5.91 Å². The van der Waals surface area contributed by atoms with E-state index >= 15 is 0 Å². The molecule has 2 aromatic heterocycles. The summed E-state index contributed by atoms with van der Waals surface area (Å²) in [5.41, 5.74) is 3.62. The molecule has 0 unspecified atom stereocenters. The highest BCUT2D eigenvalue weighted by Gasteiger charge is 2.15. The summed E-state index contributed by atoms with van der Waals surface area (Å²) in [6, 6.07) is 18.0. The molecule has 0 radical (unpaired) electrons. The lowest BCUT2D eigenvalue weighted by Crippen LogP contribution is -2.12. The number of benzene rings is 2. The quantitative estimate of drug-likeness (QED) is 0.367. The summed E-state index contributed by atoms with van der Waals surface area (Å²) in [7, 11) is 0. The van der Waals surface area contributed by atoms with Gasteiger partial charge in [0.2, 0.25) is 0 Å². The number of pyridine rings is 1. The fraction of sp³-hybridized carbons (Fsp3) is 0.0870. The summed E-state index contributed by atoms with van der Waals surface area (Å²) in [6.07, 6.45) is 0. The number of esters is 1. The molecule has 0 aliphatic rings. The lowest BCUT2D eigenvalue weighted by molar-refractivity contribution is 0.0733. The van der Waals surface area contributed by atoms with Crippen molar-refractivity contribution >= 4 is 39.8 Å². The zero-order valence-electron chi connectivity index (χ0n) is 15.9. The number of aromatic nitrogens is 1. The molecular formula is C23H18N2O3S. The Hall–Kier alpha value is -3.51. The Balaban J connectivity index is 1.49. The van der Waals surface area contributed by atoms with Crippen LogP contribution >= 0.6 is 11.3 Å². The van der Waals surface area contributed by atoms with Crippen LogP contribution in [0.25, 0.3) is 10.9 Å². The number of carbonyl (C=O) groups excluding carboxylic acids is 2. The number of amides is 1. The Bertz CT molecular complexity index is 1200. The maximum atomic E-state index is 12.7. The first-order valence-electron chi connectivity index (χ1n) is 9.05. The molecule has 0 aliphatic carbocycles. The van der Waals surface area contributed by atoms with Crippen LogP contribution in [-0.4, -0.2) is 16.9 Å². The number of ether oxygens (including phenoxy) is 1. The van der Waals surface area contributed by atoms with Gasteiger partial charge in [-0.1, -0.05) is 17.7 Å². The van der Waals surface area contributed by atoms with Gasteiger partial charge in [-0.05, 0) is 67.8 Å². The third-order valence-corrected chi connectivity index (χ3v) is 5.32. The molecule has 1 N–H and O–H groups in total. The summed E-state index contributed by atoms with van der Waals surface area (Å²) in [5, 5.41) is 5.56. The number of nitrogens with zero attached hydrogens (tertiary/aromatic N) is 1. The van der Waals surface area contributed by atoms with Gasteiger partial charge in [-0.2, -0.15) is 0 Å². The Morgan fingerprint density at radius 3 is 2.52 bits per heavy atom. The highest BCUT2D eigenvalue weighted by atomic mass is 32.1. The van der Waals surface area contributed by atoms with E-state index in [0.717, 1.165) is 16.5 Å². The van der Waals surface area contributed by atoms with E-state index in [4.69, 9.17) is 4.74 Å². The van der Waals surface area contributed by atoms with E-state index in [1.165, 1.54) is 11.3 Å². The van der Waals surface area contributed by atoms with Crippen molar-refractivity contribution in [2.24, 2.45) is 0 Å². The van der Waals surface area contributed by atoms with E-state index in [0.29, 0.717) is 27.6 Å². The van der Waals surface area contributed by atoms with Crippen molar-refractivity contribution in [1.82, 2.24) is 4.98 Å². The molecule has 5 nitrogen and oxygen atoms in total. The third-order valence-electron chi connectivity index (χ3n) is 4.45. The van der Waals surface area contributed by atoms with Gasteiger partial charge in [0.05, 0.1) is 21.7 Å². The van der Waals surface area contributed by atoms with Gasteiger partial charge < -0.3 is 10.1 Å². The average Bonchev–Trinajstić information content (AvgIpc) is 3.24. The first-order chi connectivity index (χ1) is 14.0. The van der Waals surface area contributed by atoms with Crippen molar-refractivity contribution in [3.63, 3.8) is 0 Å². The second-order valence-electron chi connectivity index (χ2n) is 6.66. The second kappa shape index (κ2) is 7.85. The minimum atomic E-state index is -0.464. The molecule has 1 amide bonds. The molecule has 0 aliphatic heterocycles. The molecular weight excluding hydrogens is 384 g/mol. The number of carbonyl (C=O) groups is 2. The summed E-state index contributed by atoms with van der Waals surface area (Å²) < 4.78 is 5.50. The number of aryl methyl sites for hydroxylation is 2. The Morgan fingerprint density at radius 1 is 1.00 bits per heavy atom. The van der Waals surface area contributed by atoms with Crippen LogP contribution in [0.2, 0.25) is 0 Å². The van der Waals surface area contributed by atoms with Crippen molar-refractivity contribution in [2.45, 2.75) is 13.8 Å². The van der Waals surface area contributed by atoms with Gasteiger partial charge in [0, 0.05) is 11.1 Å². The van der Waals surface area contributed by atoms with Gasteiger partial charge in [-0.15, -0.1) is 11.3 Å². The number of nitrogens with one attached hydrogen (secondary N) is 1. The van der Waals surface area contributed by atoms with Crippen LogP contribution in [0.15, 0.2) is 66.0 Å². The van der Waals surface area contributed by atoms with Gasteiger partial charge >= 0.3 is 5.97 Å². The summed E-state index contributed by atoms with van der Waals surface area (Å²) in [4.78, 5) is 29.9. The number of hydrogen-bond donors (Lipinski definition) is 1. The van der Waals surface area contributed by atoms with Gasteiger partial charge in [-0.3, -0.25) is 9.78 Å². The second-order valence-corrected chi connectivity index (χ2v) is 7.61.